The lowest BCUT2D eigenvalue weighted by Crippen LogP contribution is -2.46. The highest BCUT2D eigenvalue weighted by molar-refractivity contribution is 5.92. The van der Waals surface area contributed by atoms with Gasteiger partial charge in [-0.1, -0.05) is 60.7 Å². The fourth-order valence-electron chi connectivity index (χ4n) is 3.40. The summed E-state index contributed by atoms with van der Waals surface area (Å²) in [6.45, 7) is 1.74. The van der Waals surface area contributed by atoms with Crippen molar-refractivity contribution in [1.82, 2.24) is 19.7 Å². The van der Waals surface area contributed by atoms with E-state index in [1.54, 1.807) is 31.2 Å². The van der Waals surface area contributed by atoms with Gasteiger partial charge < -0.3 is 5.32 Å². The summed E-state index contributed by atoms with van der Waals surface area (Å²) in [6, 6.07) is 22.9. The van der Waals surface area contributed by atoms with Crippen LogP contribution in [0, 0.1) is 5.82 Å². The summed E-state index contributed by atoms with van der Waals surface area (Å²) < 4.78 is 15.3. The van der Waals surface area contributed by atoms with E-state index in [4.69, 9.17) is 0 Å². The molecule has 0 saturated carbocycles. The number of aromatic nitrogens is 3. The van der Waals surface area contributed by atoms with Crippen molar-refractivity contribution in [3.63, 3.8) is 0 Å². The van der Waals surface area contributed by atoms with E-state index in [1.807, 2.05) is 36.4 Å². The van der Waals surface area contributed by atoms with Gasteiger partial charge in [-0.05, 0) is 42.3 Å². The van der Waals surface area contributed by atoms with Gasteiger partial charge in [0, 0.05) is 0 Å². The van der Waals surface area contributed by atoms with Gasteiger partial charge in [0.15, 0.2) is 0 Å². The van der Waals surface area contributed by atoms with Crippen LogP contribution in [0.15, 0.2) is 94.5 Å². The summed E-state index contributed by atoms with van der Waals surface area (Å²) >= 11 is 0. The standard InChI is InChI=1S/C25H21FN4O3/c1-17(19-10-6-3-7-11-19)27-23(31)22-24(32)29(16-18-8-4-2-5-9-18)25(33)30(28-22)21-14-12-20(26)13-15-21/h2-15,17H,16H2,1H3,(H,27,31)/t17-/m0/s1. The van der Waals surface area contributed by atoms with Crippen molar-refractivity contribution >= 4 is 5.91 Å². The molecule has 4 aromatic rings. The van der Waals surface area contributed by atoms with Crippen molar-refractivity contribution in [2.45, 2.75) is 19.5 Å². The Hall–Kier alpha value is -4.33. The Morgan fingerprint density at radius 1 is 0.939 bits per heavy atom. The van der Waals surface area contributed by atoms with Gasteiger partial charge >= 0.3 is 5.69 Å². The van der Waals surface area contributed by atoms with Gasteiger partial charge in [0.05, 0.1) is 18.3 Å². The third-order valence-corrected chi connectivity index (χ3v) is 5.18. The maximum Gasteiger partial charge on any atom is 0.352 e. The first-order valence-electron chi connectivity index (χ1n) is 10.3. The Morgan fingerprint density at radius 2 is 1.55 bits per heavy atom. The molecular weight excluding hydrogens is 423 g/mol. The third-order valence-electron chi connectivity index (χ3n) is 5.18. The minimum absolute atomic E-state index is 0.0449. The Labute approximate surface area is 188 Å². The van der Waals surface area contributed by atoms with E-state index in [9.17, 15) is 18.8 Å². The van der Waals surface area contributed by atoms with Gasteiger partial charge in [-0.25, -0.2) is 9.18 Å². The Balaban J connectivity index is 1.80. The topological polar surface area (TPSA) is 86.0 Å². The van der Waals surface area contributed by atoms with Crippen LogP contribution in [0.4, 0.5) is 4.39 Å². The highest BCUT2D eigenvalue weighted by Gasteiger charge is 2.22. The van der Waals surface area contributed by atoms with Crippen LogP contribution in [0.3, 0.4) is 0 Å². The molecule has 1 aromatic heterocycles. The number of carbonyl (C=O) groups excluding carboxylic acids is 1. The number of nitrogens with zero attached hydrogens (tertiary/aromatic N) is 3. The number of hydrogen-bond donors (Lipinski definition) is 1. The summed E-state index contributed by atoms with van der Waals surface area (Å²) in [5.41, 5.74) is -0.186. The molecule has 1 amide bonds. The van der Waals surface area contributed by atoms with Gasteiger partial charge in [0.2, 0.25) is 5.69 Å². The molecule has 0 radical (unpaired) electrons. The van der Waals surface area contributed by atoms with Crippen LogP contribution in [0.25, 0.3) is 5.69 Å². The minimum atomic E-state index is -0.806. The molecule has 0 spiro atoms. The molecule has 4 rings (SSSR count). The zero-order valence-electron chi connectivity index (χ0n) is 17.8. The normalized spacial score (nSPS) is 11.7. The largest absolute Gasteiger partial charge is 0.352 e. The molecule has 7 nitrogen and oxygen atoms in total. The van der Waals surface area contributed by atoms with E-state index >= 15 is 0 Å². The number of halogens is 1. The lowest BCUT2D eigenvalue weighted by atomic mass is 10.1. The molecule has 1 heterocycles. The quantitative estimate of drug-likeness (QED) is 0.495. The van der Waals surface area contributed by atoms with Crippen LogP contribution in [0.1, 0.15) is 34.6 Å². The zero-order valence-corrected chi connectivity index (χ0v) is 17.8. The maximum atomic E-state index is 13.4. The Kier molecular flexibility index (Phi) is 6.26. The minimum Gasteiger partial charge on any atom is -0.344 e. The fraction of sp³-hybridized carbons (Fsp3) is 0.120. The SMILES string of the molecule is C[C@H](NC(=O)c1nn(-c2ccc(F)cc2)c(=O)n(Cc2ccccc2)c1=O)c1ccccc1. The predicted octanol–water partition coefficient (Wildman–Crippen LogP) is 3.07. The first-order valence-corrected chi connectivity index (χ1v) is 10.3. The second kappa shape index (κ2) is 9.44. The van der Waals surface area contributed by atoms with Crippen molar-refractivity contribution in [1.29, 1.82) is 0 Å². The van der Waals surface area contributed by atoms with Crippen molar-refractivity contribution in [2.75, 3.05) is 0 Å². The summed E-state index contributed by atoms with van der Waals surface area (Å²) in [5, 5.41) is 6.82. The zero-order chi connectivity index (χ0) is 23.4. The number of carbonyl (C=O) groups is 1. The smallest absolute Gasteiger partial charge is 0.344 e. The molecule has 0 fully saturated rings. The van der Waals surface area contributed by atoms with E-state index in [2.05, 4.69) is 10.4 Å². The Bertz CT molecular complexity index is 1380. The molecule has 3 aromatic carbocycles. The lowest BCUT2D eigenvalue weighted by Gasteiger charge is -2.15. The molecule has 8 heteroatoms. The summed E-state index contributed by atoms with van der Waals surface area (Å²) in [6.07, 6.45) is 0. The first-order chi connectivity index (χ1) is 15.9. The molecule has 0 bridgehead atoms. The number of rotatable bonds is 6. The van der Waals surface area contributed by atoms with Gasteiger partial charge in [0.25, 0.3) is 11.5 Å². The summed E-state index contributed by atoms with van der Waals surface area (Å²) in [4.78, 5) is 39.3. The molecule has 0 aliphatic rings. The lowest BCUT2D eigenvalue weighted by molar-refractivity contribution is 0.0930. The number of hydrogen-bond acceptors (Lipinski definition) is 4. The van der Waals surface area contributed by atoms with Gasteiger partial charge in [-0.2, -0.15) is 9.78 Å². The van der Waals surface area contributed by atoms with Crippen molar-refractivity contribution in [3.8, 4) is 5.69 Å². The predicted molar refractivity (Wildman–Crippen MR) is 122 cm³/mol. The molecule has 1 N–H and O–H groups in total. The van der Waals surface area contributed by atoms with E-state index in [0.717, 1.165) is 14.8 Å². The first kappa shape index (κ1) is 21.9. The number of amides is 1. The van der Waals surface area contributed by atoms with Crippen LogP contribution in [-0.4, -0.2) is 20.3 Å². The molecule has 0 unspecified atom stereocenters. The van der Waals surface area contributed by atoms with Crippen LogP contribution in [0.5, 0.6) is 0 Å². The van der Waals surface area contributed by atoms with Gasteiger partial charge in [-0.3, -0.25) is 14.2 Å². The number of benzene rings is 3. The fourth-order valence-corrected chi connectivity index (χ4v) is 3.40. The highest BCUT2D eigenvalue weighted by atomic mass is 19.1. The molecule has 0 aliphatic carbocycles. The van der Waals surface area contributed by atoms with Crippen LogP contribution >= 0.6 is 0 Å². The van der Waals surface area contributed by atoms with E-state index in [0.29, 0.717) is 5.56 Å². The molecule has 33 heavy (non-hydrogen) atoms. The van der Waals surface area contributed by atoms with Crippen LogP contribution in [0.2, 0.25) is 0 Å². The average Bonchev–Trinajstić information content (AvgIpc) is 2.83. The Morgan fingerprint density at radius 3 is 2.18 bits per heavy atom. The second-order valence-electron chi connectivity index (χ2n) is 7.50. The van der Waals surface area contributed by atoms with E-state index in [1.165, 1.54) is 24.3 Å². The van der Waals surface area contributed by atoms with E-state index < -0.39 is 34.7 Å². The van der Waals surface area contributed by atoms with Crippen molar-refractivity contribution in [2.24, 2.45) is 0 Å². The van der Waals surface area contributed by atoms with Gasteiger partial charge in [0.1, 0.15) is 5.82 Å². The summed E-state index contributed by atoms with van der Waals surface area (Å²) in [7, 11) is 0. The molecule has 0 saturated heterocycles. The van der Waals surface area contributed by atoms with Crippen LogP contribution < -0.4 is 16.6 Å². The van der Waals surface area contributed by atoms with E-state index in [-0.39, 0.29) is 12.2 Å². The molecule has 166 valence electrons. The highest BCUT2D eigenvalue weighted by Crippen LogP contribution is 2.12. The third kappa shape index (κ3) is 4.79. The van der Waals surface area contributed by atoms with Crippen LogP contribution in [-0.2, 0) is 6.54 Å². The monoisotopic (exact) mass is 444 g/mol. The van der Waals surface area contributed by atoms with Crippen molar-refractivity contribution < 1.29 is 9.18 Å². The second-order valence-corrected chi connectivity index (χ2v) is 7.50. The van der Waals surface area contributed by atoms with Gasteiger partial charge in [-0.15, -0.1) is 0 Å². The number of nitrogens with one attached hydrogen (secondary N) is 1. The van der Waals surface area contributed by atoms with Crippen molar-refractivity contribution in [3.05, 3.63) is 128 Å². The molecular formula is C25H21FN4O3. The summed E-state index contributed by atoms with van der Waals surface area (Å²) in [5.74, 6) is -1.20. The average molecular weight is 444 g/mol. The molecule has 0 aliphatic heterocycles. The maximum absolute atomic E-state index is 13.4. The molecule has 1 atom stereocenters.